The summed E-state index contributed by atoms with van der Waals surface area (Å²) >= 11 is 0. The van der Waals surface area contributed by atoms with Gasteiger partial charge in [0.2, 0.25) is 0 Å². The maximum atomic E-state index is 11.7. The molecule has 0 saturated heterocycles. The average molecular weight is 245 g/mol. The van der Waals surface area contributed by atoms with E-state index in [0.717, 1.165) is 17.0 Å². The van der Waals surface area contributed by atoms with Crippen LogP contribution in [-0.2, 0) is 11.3 Å². The summed E-state index contributed by atoms with van der Waals surface area (Å²) in [5.41, 5.74) is 0.908. The smallest absolute Gasteiger partial charge is 0.434 e. The lowest BCUT2D eigenvalue weighted by Crippen LogP contribution is -2.37. The van der Waals surface area contributed by atoms with Gasteiger partial charge in [-0.2, -0.15) is 5.06 Å². The van der Waals surface area contributed by atoms with Crippen molar-refractivity contribution in [2.45, 2.75) is 19.1 Å². The third kappa shape index (κ3) is 2.11. The number of allylic oxidation sites excluding steroid dienone is 1. The molecule has 1 aromatic carbocycles. The van der Waals surface area contributed by atoms with Crippen molar-refractivity contribution in [1.82, 2.24) is 5.06 Å². The molecule has 0 aliphatic heterocycles. The summed E-state index contributed by atoms with van der Waals surface area (Å²) in [6.45, 7) is 0.182. The van der Waals surface area contributed by atoms with Crippen LogP contribution in [0.5, 0.6) is 0 Å². The highest BCUT2D eigenvalue weighted by Crippen LogP contribution is 2.48. The number of hydrogen-bond acceptors (Lipinski definition) is 3. The summed E-state index contributed by atoms with van der Waals surface area (Å²) in [5.74, 6) is 0.936. The molecular formula is C14H15NO3. The normalized spacial score (nSPS) is 27.7. The van der Waals surface area contributed by atoms with Crippen LogP contribution in [0.4, 0.5) is 4.79 Å². The van der Waals surface area contributed by atoms with Gasteiger partial charge in [-0.3, -0.25) is 5.21 Å². The van der Waals surface area contributed by atoms with Gasteiger partial charge in [-0.25, -0.2) is 4.79 Å². The number of benzene rings is 1. The Kier molecular flexibility index (Phi) is 2.80. The molecule has 3 unspecified atom stereocenters. The molecule has 0 spiro atoms. The number of hydroxylamine groups is 2. The molecule has 1 N–H and O–H groups in total. The number of rotatable bonds is 3. The first kappa shape index (κ1) is 11.3. The molecule has 18 heavy (non-hydrogen) atoms. The molecule has 3 atom stereocenters. The van der Waals surface area contributed by atoms with Crippen molar-refractivity contribution < 1.29 is 14.7 Å². The molecule has 1 amide bonds. The van der Waals surface area contributed by atoms with E-state index in [0.29, 0.717) is 11.8 Å². The van der Waals surface area contributed by atoms with Crippen molar-refractivity contribution in [3.05, 3.63) is 48.0 Å². The van der Waals surface area contributed by atoms with Gasteiger partial charge >= 0.3 is 6.09 Å². The van der Waals surface area contributed by atoms with Crippen molar-refractivity contribution >= 4 is 6.09 Å². The first-order valence-corrected chi connectivity index (χ1v) is 6.13. The number of fused-ring (bicyclic) bond motifs is 1. The van der Waals surface area contributed by atoms with E-state index in [1.807, 2.05) is 36.4 Å². The second-order valence-electron chi connectivity index (χ2n) is 4.82. The molecule has 0 heterocycles. The van der Waals surface area contributed by atoms with Crippen LogP contribution in [0.15, 0.2) is 42.5 Å². The Hall–Kier alpha value is -1.81. The molecule has 3 rings (SSSR count). The fraction of sp³-hybridized carbons (Fsp3) is 0.357. The predicted molar refractivity (Wildman–Crippen MR) is 64.8 cm³/mol. The second-order valence-corrected chi connectivity index (χ2v) is 4.82. The predicted octanol–water partition coefficient (Wildman–Crippen LogP) is 2.59. The molecule has 4 nitrogen and oxygen atoms in total. The maximum Gasteiger partial charge on any atom is 0.434 e. The zero-order chi connectivity index (χ0) is 12.5. The van der Waals surface area contributed by atoms with E-state index < -0.39 is 6.09 Å². The molecule has 2 aliphatic carbocycles. The Bertz CT molecular complexity index is 471. The molecule has 1 aromatic rings. The van der Waals surface area contributed by atoms with E-state index in [9.17, 15) is 10.0 Å². The van der Waals surface area contributed by atoms with Crippen LogP contribution in [0.2, 0.25) is 0 Å². The zero-order valence-corrected chi connectivity index (χ0v) is 9.90. The zero-order valence-electron chi connectivity index (χ0n) is 9.90. The monoisotopic (exact) mass is 245 g/mol. The van der Waals surface area contributed by atoms with Gasteiger partial charge in [-0.15, -0.1) is 0 Å². The number of carbonyl (C=O) groups excluding carboxylic acids is 1. The lowest BCUT2D eigenvalue weighted by molar-refractivity contribution is -0.0983. The fourth-order valence-corrected chi connectivity index (χ4v) is 2.42. The van der Waals surface area contributed by atoms with E-state index >= 15 is 0 Å². The quantitative estimate of drug-likeness (QED) is 0.506. The van der Waals surface area contributed by atoms with E-state index in [2.05, 4.69) is 6.08 Å². The van der Waals surface area contributed by atoms with Crippen LogP contribution in [0.25, 0.3) is 0 Å². The maximum absolute atomic E-state index is 11.7. The summed E-state index contributed by atoms with van der Waals surface area (Å²) < 4.78 is 5.07. The number of hydrogen-bond donors (Lipinski definition) is 1. The lowest BCUT2D eigenvalue weighted by atomic mass is 10.2. The van der Waals surface area contributed by atoms with Crippen LogP contribution in [-0.4, -0.2) is 22.4 Å². The summed E-state index contributed by atoms with van der Waals surface area (Å²) in [5, 5.41) is 10.5. The van der Waals surface area contributed by atoms with E-state index in [1.54, 1.807) is 0 Å². The van der Waals surface area contributed by atoms with Crippen molar-refractivity contribution in [3.63, 3.8) is 0 Å². The summed E-state index contributed by atoms with van der Waals surface area (Å²) in [7, 11) is 0. The van der Waals surface area contributed by atoms with Gasteiger partial charge in [-0.1, -0.05) is 42.5 Å². The molecule has 2 aliphatic rings. The standard InChI is InChI=1S/C14H15NO3/c16-14(18-9-10-4-2-1-3-5-10)15(17)13-7-6-11-8-12(11)13/h1-7,11-13,17H,8-9H2. The Morgan fingerprint density at radius 3 is 2.72 bits per heavy atom. The molecule has 4 heteroatoms. The van der Waals surface area contributed by atoms with E-state index in [1.165, 1.54) is 0 Å². The van der Waals surface area contributed by atoms with E-state index in [4.69, 9.17) is 4.74 Å². The van der Waals surface area contributed by atoms with Gasteiger partial charge < -0.3 is 4.74 Å². The van der Waals surface area contributed by atoms with Crippen molar-refractivity contribution in [3.8, 4) is 0 Å². The minimum absolute atomic E-state index is 0.182. The molecule has 0 aromatic heterocycles. The number of nitrogens with zero attached hydrogens (tertiary/aromatic N) is 1. The Morgan fingerprint density at radius 2 is 2.11 bits per heavy atom. The molecule has 94 valence electrons. The van der Waals surface area contributed by atoms with Crippen LogP contribution < -0.4 is 0 Å². The third-order valence-electron chi connectivity index (χ3n) is 3.56. The van der Waals surface area contributed by atoms with Crippen LogP contribution in [0, 0.1) is 11.8 Å². The minimum atomic E-state index is -0.680. The van der Waals surface area contributed by atoms with Gasteiger partial charge in [0, 0.05) is 0 Å². The molecular weight excluding hydrogens is 230 g/mol. The second kappa shape index (κ2) is 4.46. The summed E-state index contributed by atoms with van der Waals surface area (Å²) in [6.07, 6.45) is 4.32. The molecule has 0 bridgehead atoms. The van der Waals surface area contributed by atoms with E-state index in [-0.39, 0.29) is 12.6 Å². The van der Waals surface area contributed by atoms with Crippen molar-refractivity contribution in [1.29, 1.82) is 0 Å². The summed E-state index contributed by atoms with van der Waals surface area (Å²) in [4.78, 5) is 11.7. The Morgan fingerprint density at radius 1 is 1.33 bits per heavy atom. The van der Waals surface area contributed by atoms with Crippen LogP contribution in [0.3, 0.4) is 0 Å². The number of carbonyl (C=O) groups is 1. The average Bonchev–Trinajstić information content (AvgIpc) is 3.07. The highest BCUT2D eigenvalue weighted by molar-refractivity contribution is 5.67. The highest BCUT2D eigenvalue weighted by atomic mass is 16.6. The first-order chi connectivity index (χ1) is 8.75. The molecule has 1 saturated carbocycles. The van der Waals surface area contributed by atoms with Crippen LogP contribution in [0.1, 0.15) is 12.0 Å². The Labute approximate surface area is 105 Å². The highest BCUT2D eigenvalue weighted by Gasteiger charge is 2.48. The van der Waals surface area contributed by atoms with Gasteiger partial charge in [0.05, 0.1) is 6.04 Å². The minimum Gasteiger partial charge on any atom is -0.443 e. The van der Waals surface area contributed by atoms with Gasteiger partial charge in [0.25, 0.3) is 0 Å². The first-order valence-electron chi connectivity index (χ1n) is 6.13. The van der Waals surface area contributed by atoms with Crippen LogP contribution >= 0.6 is 0 Å². The summed E-state index contributed by atoms with van der Waals surface area (Å²) in [6, 6.07) is 9.21. The SMILES string of the molecule is O=C(OCc1ccccc1)N(O)C1C=CC2CC21. The molecule has 0 radical (unpaired) electrons. The topological polar surface area (TPSA) is 49.8 Å². The Balaban J connectivity index is 1.53. The number of ether oxygens (including phenoxy) is 1. The van der Waals surface area contributed by atoms with Gasteiger partial charge in [-0.05, 0) is 23.8 Å². The van der Waals surface area contributed by atoms with Gasteiger partial charge in [0.15, 0.2) is 0 Å². The molecule has 1 fully saturated rings. The lowest BCUT2D eigenvalue weighted by Gasteiger charge is -2.21. The van der Waals surface area contributed by atoms with Crippen molar-refractivity contribution in [2.24, 2.45) is 11.8 Å². The third-order valence-corrected chi connectivity index (χ3v) is 3.56. The fourth-order valence-electron chi connectivity index (χ4n) is 2.42. The number of amides is 1. The largest absolute Gasteiger partial charge is 0.443 e. The van der Waals surface area contributed by atoms with Gasteiger partial charge in [0.1, 0.15) is 6.61 Å². The van der Waals surface area contributed by atoms with Crippen molar-refractivity contribution in [2.75, 3.05) is 0 Å².